The molecule has 6 nitrogen and oxygen atoms in total. The summed E-state index contributed by atoms with van der Waals surface area (Å²) in [4.78, 5) is 16.2. The lowest BCUT2D eigenvalue weighted by Gasteiger charge is -2.11. The molecule has 0 spiro atoms. The average Bonchev–Trinajstić information content (AvgIpc) is 2.53. The third-order valence-corrected chi connectivity index (χ3v) is 2.96. The molecule has 6 heteroatoms. The number of aryl methyl sites for hydroxylation is 1. The van der Waals surface area contributed by atoms with E-state index in [-0.39, 0.29) is 0 Å². The fraction of sp³-hybridized carbons (Fsp3) is 0.188. The molecule has 0 aliphatic rings. The standard InChI is InChI=1S/C16H16N4O2/c1-11-6-7-14(22-2)15(19-11)20-16(21)18-10-13-5-3-4-12(8-13)9-17/h3-8H,10H2,1-2H3,(H2,18,19,20,21). The van der Waals surface area contributed by atoms with Crippen molar-refractivity contribution in [2.75, 3.05) is 12.4 Å². The lowest BCUT2D eigenvalue weighted by atomic mass is 10.1. The fourth-order valence-corrected chi connectivity index (χ4v) is 1.88. The van der Waals surface area contributed by atoms with Crippen LogP contribution in [0.5, 0.6) is 5.75 Å². The number of nitrogens with zero attached hydrogens (tertiary/aromatic N) is 2. The van der Waals surface area contributed by atoms with Crippen molar-refractivity contribution >= 4 is 11.8 Å². The zero-order chi connectivity index (χ0) is 15.9. The third kappa shape index (κ3) is 3.96. The van der Waals surface area contributed by atoms with Crippen LogP contribution in [0.3, 0.4) is 0 Å². The Morgan fingerprint density at radius 3 is 2.91 bits per heavy atom. The monoisotopic (exact) mass is 296 g/mol. The van der Waals surface area contributed by atoms with Gasteiger partial charge < -0.3 is 10.1 Å². The highest BCUT2D eigenvalue weighted by molar-refractivity contribution is 5.89. The van der Waals surface area contributed by atoms with Crippen molar-refractivity contribution < 1.29 is 9.53 Å². The van der Waals surface area contributed by atoms with Gasteiger partial charge in [0.25, 0.3) is 0 Å². The molecule has 2 aromatic rings. The largest absolute Gasteiger partial charge is 0.493 e. The Kier molecular flexibility index (Phi) is 4.94. The topological polar surface area (TPSA) is 87.0 Å². The van der Waals surface area contributed by atoms with E-state index in [1.807, 2.05) is 13.0 Å². The van der Waals surface area contributed by atoms with Gasteiger partial charge in [-0.15, -0.1) is 0 Å². The van der Waals surface area contributed by atoms with Crippen LogP contribution in [0.25, 0.3) is 0 Å². The Morgan fingerprint density at radius 1 is 1.36 bits per heavy atom. The van der Waals surface area contributed by atoms with Gasteiger partial charge in [-0.05, 0) is 36.8 Å². The molecule has 1 aromatic heterocycles. The lowest BCUT2D eigenvalue weighted by molar-refractivity contribution is 0.251. The van der Waals surface area contributed by atoms with E-state index in [0.29, 0.717) is 23.7 Å². The smallest absolute Gasteiger partial charge is 0.320 e. The number of ether oxygens (including phenoxy) is 1. The maximum atomic E-state index is 11.9. The zero-order valence-corrected chi connectivity index (χ0v) is 12.4. The molecule has 0 bridgehead atoms. The van der Waals surface area contributed by atoms with Gasteiger partial charge in [0, 0.05) is 12.2 Å². The number of aromatic nitrogens is 1. The minimum absolute atomic E-state index is 0.315. The first-order valence-corrected chi connectivity index (χ1v) is 6.68. The van der Waals surface area contributed by atoms with E-state index >= 15 is 0 Å². The predicted octanol–water partition coefficient (Wildman–Crippen LogP) is 2.59. The molecule has 0 aliphatic heterocycles. The molecule has 0 saturated heterocycles. The second kappa shape index (κ2) is 7.09. The minimum atomic E-state index is -0.390. The third-order valence-electron chi connectivity index (χ3n) is 2.96. The van der Waals surface area contributed by atoms with Crippen LogP contribution in [0.1, 0.15) is 16.8 Å². The molecular formula is C16H16N4O2. The number of hydrogen-bond donors (Lipinski definition) is 2. The summed E-state index contributed by atoms with van der Waals surface area (Å²) in [5.41, 5.74) is 2.18. The number of amides is 2. The summed E-state index contributed by atoms with van der Waals surface area (Å²) in [7, 11) is 1.52. The van der Waals surface area contributed by atoms with Crippen LogP contribution < -0.4 is 15.4 Å². The second-order valence-corrected chi connectivity index (χ2v) is 4.62. The summed E-state index contributed by atoms with van der Waals surface area (Å²) in [5.74, 6) is 0.859. The molecule has 2 N–H and O–H groups in total. The van der Waals surface area contributed by atoms with E-state index < -0.39 is 6.03 Å². The number of methoxy groups -OCH3 is 1. The van der Waals surface area contributed by atoms with E-state index in [9.17, 15) is 4.79 Å². The first-order chi connectivity index (χ1) is 10.6. The lowest BCUT2D eigenvalue weighted by Crippen LogP contribution is -2.28. The maximum absolute atomic E-state index is 11.9. The molecule has 22 heavy (non-hydrogen) atoms. The predicted molar refractivity (Wildman–Crippen MR) is 82.5 cm³/mol. The molecule has 0 unspecified atom stereocenters. The van der Waals surface area contributed by atoms with Gasteiger partial charge in [-0.1, -0.05) is 12.1 Å². The summed E-state index contributed by atoms with van der Waals surface area (Å²) in [6.07, 6.45) is 0. The molecule has 1 aromatic carbocycles. The number of rotatable bonds is 4. The van der Waals surface area contributed by atoms with Gasteiger partial charge in [-0.25, -0.2) is 9.78 Å². The van der Waals surface area contributed by atoms with Crippen molar-refractivity contribution in [3.05, 3.63) is 53.2 Å². The van der Waals surface area contributed by atoms with Gasteiger partial charge in [0.05, 0.1) is 18.7 Å². The van der Waals surface area contributed by atoms with Crippen LogP contribution in [0.4, 0.5) is 10.6 Å². The normalized spacial score (nSPS) is 9.68. The Balaban J connectivity index is 1.99. The first kappa shape index (κ1) is 15.3. The molecule has 2 rings (SSSR count). The summed E-state index contributed by atoms with van der Waals surface area (Å²) < 4.78 is 5.15. The first-order valence-electron chi connectivity index (χ1n) is 6.68. The maximum Gasteiger partial charge on any atom is 0.320 e. The second-order valence-electron chi connectivity index (χ2n) is 4.62. The number of benzene rings is 1. The van der Waals surface area contributed by atoms with E-state index in [4.69, 9.17) is 10.00 Å². The van der Waals surface area contributed by atoms with E-state index in [1.165, 1.54) is 7.11 Å². The van der Waals surface area contributed by atoms with Crippen LogP contribution in [-0.2, 0) is 6.54 Å². The average molecular weight is 296 g/mol. The van der Waals surface area contributed by atoms with Gasteiger partial charge in [0.15, 0.2) is 11.6 Å². The molecule has 112 valence electrons. The van der Waals surface area contributed by atoms with Crippen molar-refractivity contribution in [1.82, 2.24) is 10.3 Å². The molecule has 0 atom stereocenters. The van der Waals surface area contributed by atoms with Crippen molar-refractivity contribution in [1.29, 1.82) is 5.26 Å². The van der Waals surface area contributed by atoms with Gasteiger partial charge in [0.2, 0.25) is 0 Å². The number of hydrogen-bond acceptors (Lipinski definition) is 4. The van der Waals surface area contributed by atoms with E-state index in [1.54, 1.807) is 30.3 Å². The van der Waals surface area contributed by atoms with Crippen LogP contribution in [0.15, 0.2) is 36.4 Å². The number of nitrogens with one attached hydrogen (secondary N) is 2. The minimum Gasteiger partial charge on any atom is -0.493 e. The van der Waals surface area contributed by atoms with Gasteiger partial charge in [-0.2, -0.15) is 5.26 Å². The number of carbonyl (C=O) groups excluding carboxylic acids is 1. The fourth-order valence-electron chi connectivity index (χ4n) is 1.88. The SMILES string of the molecule is COc1ccc(C)nc1NC(=O)NCc1cccc(C#N)c1. The highest BCUT2D eigenvalue weighted by Gasteiger charge is 2.09. The van der Waals surface area contributed by atoms with Crippen LogP contribution in [0.2, 0.25) is 0 Å². The molecule has 0 aliphatic carbocycles. The summed E-state index contributed by atoms with van der Waals surface area (Å²) in [5, 5.41) is 14.2. The molecule has 2 amide bonds. The Labute approximate surface area is 128 Å². The van der Waals surface area contributed by atoms with Gasteiger partial charge in [0.1, 0.15) is 0 Å². The number of anilines is 1. The number of urea groups is 1. The highest BCUT2D eigenvalue weighted by Crippen LogP contribution is 2.21. The Morgan fingerprint density at radius 2 is 2.18 bits per heavy atom. The van der Waals surface area contributed by atoms with Crippen molar-refractivity contribution in [2.24, 2.45) is 0 Å². The van der Waals surface area contributed by atoms with Crippen LogP contribution >= 0.6 is 0 Å². The van der Waals surface area contributed by atoms with Crippen molar-refractivity contribution in [3.8, 4) is 11.8 Å². The van der Waals surface area contributed by atoms with E-state index in [2.05, 4.69) is 21.7 Å². The summed E-state index contributed by atoms with van der Waals surface area (Å²) in [6.45, 7) is 2.14. The zero-order valence-electron chi connectivity index (χ0n) is 12.4. The van der Waals surface area contributed by atoms with Crippen LogP contribution in [0, 0.1) is 18.3 Å². The highest BCUT2D eigenvalue weighted by atomic mass is 16.5. The van der Waals surface area contributed by atoms with Gasteiger partial charge >= 0.3 is 6.03 Å². The summed E-state index contributed by atoms with van der Waals surface area (Å²) >= 11 is 0. The summed E-state index contributed by atoms with van der Waals surface area (Å²) in [6, 6.07) is 12.3. The Bertz CT molecular complexity index is 722. The van der Waals surface area contributed by atoms with Gasteiger partial charge in [-0.3, -0.25) is 5.32 Å². The van der Waals surface area contributed by atoms with Crippen molar-refractivity contribution in [2.45, 2.75) is 13.5 Å². The van der Waals surface area contributed by atoms with Crippen LogP contribution in [-0.4, -0.2) is 18.1 Å². The molecule has 0 saturated carbocycles. The number of pyridine rings is 1. The molecular weight excluding hydrogens is 280 g/mol. The Hall–Kier alpha value is -3.07. The molecule has 0 radical (unpaired) electrons. The molecule has 0 fully saturated rings. The number of nitriles is 1. The van der Waals surface area contributed by atoms with E-state index in [0.717, 1.165) is 11.3 Å². The van der Waals surface area contributed by atoms with Crippen molar-refractivity contribution in [3.63, 3.8) is 0 Å². The quantitative estimate of drug-likeness (QED) is 0.907. The number of carbonyl (C=O) groups is 1. The molecule has 1 heterocycles.